The Labute approximate surface area is 332 Å². The van der Waals surface area contributed by atoms with Crippen LogP contribution in [0.4, 0.5) is 9.59 Å². The molecule has 0 radical (unpaired) electrons. The monoisotopic (exact) mass is 812 g/mol. The molecule has 298 valence electrons. The fourth-order valence-electron chi connectivity index (χ4n) is 5.83. The molecule has 4 unspecified atom stereocenters. The number of hydrogen-bond acceptors (Lipinski definition) is 10. The average Bonchev–Trinajstić information content (AvgIpc) is 3.84. The Balaban J connectivity index is 1.49. The molecule has 1 aromatic heterocycles. The average molecular weight is 813 g/mol. The van der Waals surface area contributed by atoms with E-state index in [1.54, 1.807) is 30.5 Å². The Morgan fingerprint density at radius 2 is 1.58 bits per heavy atom. The molecular formula is C38H52N8O6S3. The Morgan fingerprint density at radius 1 is 0.964 bits per heavy atom. The summed E-state index contributed by atoms with van der Waals surface area (Å²) < 4.78 is 32.6. The first-order valence-electron chi connectivity index (χ1n) is 18.1. The van der Waals surface area contributed by atoms with Crippen LogP contribution in [-0.2, 0) is 39.0 Å². The molecule has 0 spiro atoms. The molecule has 3 aromatic rings. The number of nitrogens with zero attached hydrogens (tertiary/aromatic N) is 3. The number of amidine groups is 1. The van der Waals surface area contributed by atoms with Gasteiger partial charge in [-0.25, -0.2) is 18.0 Å². The van der Waals surface area contributed by atoms with Gasteiger partial charge in [-0.1, -0.05) is 74.5 Å². The van der Waals surface area contributed by atoms with E-state index in [1.807, 2.05) is 66.1 Å². The van der Waals surface area contributed by atoms with Crippen molar-refractivity contribution in [1.29, 1.82) is 0 Å². The number of likely N-dealkylation sites (N-methyl/N-ethyl adjacent to an activating group) is 1. The SMILES string of the molecule is CC(C)C1NC(CN(C)C(=O)NC(CCC(N)=NS(C)(=O)=O)C(=O)NC(CCC(Cc2ccccc2)NC(=O)OCc2cncs2)Cc2ccccc2)=CS1. The number of rotatable bonds is 20. The third-order valence-electron chi connectivity index (χ3n) is 8.64. The summed E-state index contributed by atoms with van der Waals surface area (Å²) in [4.78, 5) is 46.9. The zero-order valence-electron chi connectivity index (χ0n) is 31.6. The van der Waals surface area contributed by atoms with Crippen molar-refractivity contribution in [3.05, 3.63) is 99.5 Å². The highest BCUT2D eigenvalue weighted by Gasteiger charge is 2.28. The van der Waals surface area contributed by atoms with Gasteiger partial charge in [-0.3, -0.25) is 9.78 Å². The molecule has 0 fully saturated rings. The second-order valence-electron chi connectivity index (χ2n) is 13.8. The fourth-order valence-corrected chi connectivity index (χ4v) is 7.84. The van der Waals surface area contributed by atoms with Gasteiger partial charge in [0, 0.05) is 37.4 Å². The van der Waals surface area contributed by atoms with E-state index in [4.69, 9.17) is 10.5 Å². The first-order valence-corrected chi connectivity index (χ1v) is 21.8. The number of nitrogens with one attached hydrogen (secondary N) is 4. The van der Waals surface area contributed by atoms with Crippen molar-refractivity contribution in [2.24, 2.45) is 16.0 Å². The highest BCUT2D eigenvalue weighted by atomic mass is 32.2. The molecule has 4 atom stereocenters. The number of nitrogens with two attached hydrogens (primary N) is 1. The first kappa shape index (κ1) is 43.1. The van der Waals surface area contributed by atoms with Crippen LogP contribution < -0.4 is 27.0 Å². The largest absolute Gasteiger partial charge is 0.444 e. The van der Waals surface area contributed by atoms with Gasteiger partial charge in [0.25, 0.3) is 10.0 Å². The minimum absolute atomic E-state index is 0.00430. The lowest BCUT2D eigenvalue weighted by molar-refractivity contribution is -0.123. The number of sulfonamides is 1. The van der Waals surface area contributed by atoms with Crippen LogP contribution in [-0.4, -0.2) is 85.5 Å². The van der Waals surface area contributed by atoms with Gasteiger partial charge in [0.2, 0.25) is 5.91 Å². The van der Waals surface area contributed by atoms with Crippen molar-refractivity contribution in [3.63, 3.8) is 0 Å². The zero-order valence-corrected chi connectivity index (χ0v) is 34.1. The Bertz CT molecular complexity index is 1840. The van der Waals surface area contributed by atoms with Crippen LogP contribution in [0.3, 0.4) is 0 Å². The van der Waals surface area contributed by atoms with Crippen LogP contribution in [0.15, 0.2) is 87.9 Å². The van der Waals surface area contributed by atoms with E-state index in [0.717, 1.165) is 28.0 Å². The predicted octanol–water partition coefficient (Wildman–Crippen LogP) is 4.76. The normalized spacial score (nSPS) is 16.0. The quantitative estimate of drug-likeness (QED) is 0.0784. The Morgan fingerprint density at radius 3 is 2.13 bits per heavy atom. The van der Waals surface area contributed by atoms with E-state index >= 15 is 0 Å². The number of thiazole rings is 1. The molecule has 0 aliphatic carbocycles. The third kappa shape index (κ3) is 16.0. The van der Waals surface area contributed by atoms with Gasteiger partial charge in [0.15, 0.2) is 0 Å². The molecule has 6 N–H and O–H groups in total. The molecule has 0 saturated carbocycles. The lowest BCUT2D eigenvalue weighted by Gasteiger charge is -2.27. The Hall–Kier alpha value is -4.61. The molecule has 17 heteroatoms. The number of aromatic nitrogens is 1. The van der Waals surface area contributed by atoms with Crippen LogP contribution in [0, 0.1) is 5.92 Å². The van der Waals surface area contributed by atoms with Gasteiger partial charge in [0.05, 0.1) is 28.6 Å². The molecule has 1 aliphatic heterocycles. The van der Waals surface area contributed by atoms with Gasteiger partial charge in [-0.2, -0.15) is 4.40 Å². The lowest BCUT2D eigenvalue weighted by Crippen LogP contribution is -2.53. The summed E-state index contributed by atoms with van der Waals surface area (Å²) in [5.74, 6) is -0.237. The minimum atomic E-state index is -3.76. The standard InChI is InChI=1S/C38H52N8O6S3/c1-26(2)36-42-31(24-53-36)22-46(3)37(48)44-33(17-18-34(39)45-55(4,50)51)35(47)41-29(19-27-11-7-5-8-12-27)15-16-30(20-28-13-9-6-10-14-28)43-38(49)52-23-32-21-40-25-54-32/h5-14,21,24-26,29-30,33,36,42H,15-20,22-23H2,1-4H3,(H2,39,45)(H,41,47)(H,43,49)(H,44,48). The highest BCUT2D eigenvalue weighted by molar-refractivity contribution is 8.03. The van der Waals surface area contributed by atoms with E-state index in [-0.39, 0.29) is 36.7 Å². The van der Waals surface area contributed by atoms with Gasteiger partial charge < -0.3 is 36.6 Å². The number of benzene rings is 2. The summed E-state index contributed by atoms with van der Waals surface area (Å²) in [6.07, 6.45) is 3.97. The molecular weight excluding hydrogens is 761 g/mol. The van der Waals surface area contributed by atoms with E-state index < -0.39 is 40.1 Å². The first-order chi connectivity index (χ1) is 26.2. The molecule has 0 bridgehead atoms. The van der Waals surface area contributed by atoms with Crippen molar-refractivity contribution in [2.45, 2.75) is 82.5 Å². The maximum absolute atomic E-state index is 14.1. The van der Waals surface area contributed by atoms with Crippen molar-refractivity contribution in [3.8, 4) is 0 Å². The van der Waals surface area contributed by atoms with Crippen molar-refractivity contribution in [1.82, 2.24) is 31.2 Å². The van der Waals surface area contributed by atoms with Crippen LogP contribution in [0.25, 0.3) is 0 Å². The lowest BCUT2D eigenvalue weighted by atomic mass is 9.95. The van der Waals surface area contributed by atoms with Crippen LogP contribution in [0.2, 0.25) is 0 Å². The molecule has 1 aliphatic rings. The number of hydrogen-bond donors (Lipinski definition) is 5. The second-order valence-corrected chi connectivity index (χ2v) is 17.5. The summed E-state index contributed by atoms with van der Waals surface area (Å²) in [6, 6.07) is 17.2. The zero-order chi connectivity index (χ0) is 39.8. The molecule has 14 nitrogen and oxygen atoms in total. The number of alkyl carbamates (subject to hydrolysis) is 1. The summed E-state index contributed by atoms with van der Waals surface area (Å²) in [5.41, 5.74) is 10.5. The van der Waals surface area contributed by atoms with Gasteiger partial charge in [0.1, 0.15) is 18.5 Å². The van der Waals surface area contributed by atoms with Gasteiger partial charge in [-0.15, -0.1) is 23.1 Å². The van der Waals surface area contributed by atoms with Crippen LogP contribution in [0.1, 0.15) is 55.5 Å². The summed E-state index contributed by atoms with van der Waals surface area (Å²) >= 11 is 3.06. The fraction of sp³-hybridized carbons (Fsp3) is 0.447. The van der Waals surface area contributed by atoms with E-state index in [9.17, 15) is 22.8 Å². The molecule has 55 heavy (non-hydrogen) atoms. The number of carbonyl (C=O) groups is 3. The summed E-state index contributed by atoms with van der Waals surface area (Å²) in [5, 5.41) is 14.6. The van der Waals surface area contributed by atoms with Gasteiger partial charge >= 0.3 is 12.1 Å². The predicted molar refractivity (Wildman–Crippen MR) is 219 cm³/mol. The maximum Gasteiger partial charge on any atom is 0.407 e. The van der Waals surface area contributed by atoms with Crippen molar-refractivity contribution < 1.29 is 27.5 Å². The number of ether oxygens (including phenoxy) is 1. The summed E-state index contributed by atoms with van der Waals surface area (Å²) in [7, 11) is -2.12. The van der Waals surface area contributed by atoms with Crippen molar-refractivity contribution in [2.75, 3.05) is 19.8 Å². The van der Waals surface area contributed by atoms with E-state index in [0.29, 0.717) is 38.1 Å². The maximum atomic E-state index is 14.1. The number of carbonyl (C=O) groups excluding carboxylic acids is 3. The smallest absolute Gasteiger partial charge is 0.407 e. The summed E-state index contributed by atoms with van der Waals surface area (Å²) in [6.45, 7) is 4.64. The van der Waals surface area contributed by atoms with E-state index in [1.165, 1.54) is 16.2 Å². The molecule has 2 heterocycles. The topological polar surface area (TPSA) is 197 Å². The molecule has 4 rings (SSSR count). The molecule has 0 saturated heterocycles. The number of amides is 4. The van der Waals surface area contributed by atoms with Gasteiger partial charge in [-0.05, 0) is 54.6 Å². The number of thioether (sulfide) groups is 1. The van der Waals surface area contributed by atoms with Crippen LogP contribution in [0.5, 0.6) is 0 Å². The third-order valence-corrected chi connectivity index (χ3v) is 11.3. The van der Waals surface area contributed by atoms with Crippen LogP contribution >= 0.6 is 23.1 Å². The molecule has 4 amide bonds. The highest BCUT2D eigenvalue weighted by Crippen LogP contribution is 2.26. The molecule has 2 aromatic carbocycles. The van der Waals surface area contributed by atoms with E-state index in [2.05, 4.69) is 44.5 Å². The minimum Gasteiger partial charge on any atom is -0.444 e. The van der Waals surface area contributed by atoms with Crippen molar-refractivity contribution >= 4 is 57.0 Å². The number of urea groups is 1. The second kappa shape index (κ2) is 21.5. The Kier molecular flexibility index (Phi) is 16.8.